The van der Waals surface area contributed by atoms with E-state index in [1.807, 2.05) is 119 Å². The maximum Gasteiger partial charge on any atom is 0.180 e. The number of aromatic nitrogens is 9. The average Bonchev–Trinajstić information content (AvgIpc) is 3.98. The lowest BCUT2D eigenvalue weighted by molar-refractivity contribution is 0.415. The topological polar surface area (TPSA) is 155 Å². The van der Waals surface area contributed by atoms with E-state index in [9.17, 15) is 0 Å². The summed E-state index contributed by atoms with van der Waals surface area (Å²) in [5, 5.41) is 16.1. The standard InChI is InChI=1S/3C4H5NO.6C4H5NS/c1-4-2-6-3-5-4;1-4-2-5-6-3-4;1-4-2-3-6-5-4;1-4-2-6-3-5-4;1-4-2-5-3-6-4;1-4-2-5-6-3-4;1-4-5-2-3-6-4;1-4-2-3-6-5-4;1-4-2-3-5-6-4/h9*2-3H,1H3. The summed E-state index contributed by atoms with van der Waals surface area (Å²) in [5.74, 6) is 0. The first kappa shape index (κ1) is 47.4. The Labute approximate surface area is 341 Å². The molecule has 9 aromatic rings. The summed E-state index contributed by atoms with van der Waals surface area (Å²) in [5.41, 5.74) is 10.0. The molecule has 18 heteroatoms. The molecular formula is C36H45N9O3S6. The molecule has 0 fully saturated rings. The molecule has 9 rings (SSSR count). The van der Waals surface area contributed by atoms with Crippen LogP contribution in [-0.2, 0) is 0 Å². The van der Waals surface area contributed by atoms with Gasteiger partial charge in [0.05, 0.1) is 39.3 Å². The second-order valence-corrected chi connectivity index (χ2v) is 15.5. The fraction of sp³-hybridized carbons (Fsp3) is 0.250. The van der Waals surface area contributed by atoms with Crippen molar-refractivity contribution >= 4 is 68.6 Å². The van der Waals surface area contributed by atoms with Crippen molar-refractivity contribution in [2.24, 2.45) is 0 Å². The van der Waals surface area contributed by atoms with Gasteiger partial charge in [-0.25, -0.2) is 13.7 Å². The van der Waals surface area contributed by atoms with Crippen LogP contribution in [0.3, 0.4) is 0 Å². The molecule has 288 valence electrons. The zero-order chi connectivity index (χ0) is 39.7. The molecule has 0 bridgehead atoms. The lowest BCUT2D eigenvalue weighted by atomic mass is 10.4. The van der Waals surface area contributed by atoms with E-state index in [2.05, 4.69) is 56.8 Å². The lowest BCUT2D eigenvalue weighted by Crippen LogP contribution is -1.59. The molecule has 0 radical (unpaired) electrons. The van der Waals surface area contributed by atoms with Gasteiger partial charge >= 0.3 is 0 Å². The van der Waals surface area contributed by atoms with Crippen molar-refractivity contribution in [3.8, 4) is 0 Å². The number of nitrogens with zero attached hydrogens (tertiary/aromatic N) is 9. The van der Waals surface area contributed by atoms with Crippen LogP contribution in [0.15, 0.2) is 120 Å². The molecule has 0 aliphatic carbocycles. The Morgan fingerprint density at radius 2 is 1.43 bits per heavy atom. The van der Waals surface area contributed by atoms with Crippen molar-refractivity contribution in [3.05, 3.63) is 156 Å². The molecule has 0 amide bonds. The molecule has 9 heterocycles. The molecule has 9 aromatic heterocycles. The highest BCUT2D eigenvalue weighted by Crippen LogP contribution is 2.01. The van der Waals surface area contributed by atoms with E-state index in [1.54, 1.807) is 77.5 Å². The molecule has 0 aliphatic rings. The van der Waals surface area contributed by atoms with Gasteiger partial charge < -0.3 is 13.5 Å². The number of hydrogen-bond acceptors (Lipinski definition) is 18. The van der Waals surface area contributed by atoms with E-state index in [4.69, 9.17) is 0 Å². The van der Waals surface area contributed by atoms with Crippen LogP contribution in [0.2, 0.25) is 0 Å². The van der Waals surface area contributed by atoms with Gasteiger partial charge in [-0.2, -0.15) is 4.37 Å². The quantitative estimate of drug-likeness (QED) is 0.143. The lowest BCUT2D eigenvalue weighted by Gasteiger charge is -1.65. The summed E-state index contributed by atoms with van der Waals surface area (Å²) in [7, 11) is 0. The second kappa shape index (κ2) is 31.9. The fourth-order valence-electron chi connectivity index (χ4n) is 2.46. The molecule has 0 saturated carbocycles. The first-order valence-electron chi connectivity index (χ1n) is 15.8. The SMILES string of the molecule is Cc1ccns1.Cc1ccon1.Cc1ccsn1.Cc1cncs1.Cc1cnoc1.Cc1cnsc1.Cc1cocn1.Cc1cscn1.Cc1nccs1. The van der Waals surface area contributed by atoms with Crippen LogP contribution in [0.25, 0.3) is 0 Å². The maximum absolute atomic E-state index is 4.60. The van der Waals surface area contributed by atoms with Crippen LogP contribution >= 0.6 is 68.6 Å². The summed E-state index contributed by atoms with van der Waals surface area (Å²) in [6, 6.07) is 5.79. The fourth-order valence-corrected chi connectivity index (χ4v) is 5.33. The number of thiazole rings is 3. The minimum absolute atomic E-state index is 0.926. The van der Waals surface area contributed by atoms with E-state index in [0.29, 0.717) is 0 Å². The van der Waals surface area contributed by atoms with Crippen LogP contribution in [0.5, 0.6) is 0 Å². The van der Waals surface area contributed by atoms with E-state index in [1.165, 1.54) is 56.3 Å². The number of aryl methyl sites for hydroxylation is 9. The van der Waals surface area contributed by atoms with Crippen LogP contribution in [0.1, 0.15) is 48.7 Å². The monoisotopic (exact) mass is 843 g/mol. The molecule has 0 saturated heterocycles. The van der Waals surface area contributed by atoms with Gasteiger partial charge in [-0.3, -0.25) is 15.0 Å². The molecule has 0 N–H and O–H groups in total. The Morgan fingerprint density at radius 1 is 0.593 bits per heavy atom. The average molecular weight is 844 g/mol. The largest absolute Gasteiger partial charge is 0.452 e. The van der Waals surface area contributed by atoms with E-state index >= 15 is 0 Å². The van der Waals surface area contributed by atoms with Gasteiger partial charge in [-0.1, -0.05) is 10.3 Å². The van der Waals surface area contributed by atoms with Crippen molar-refractivity contribution in [2.45, 2.75) is 62.3 Å². The Kier molecular flexibility index (Phi) is 28.0. The normalized spacial score (nSPS) is 8.83. The highest BCUT2D eigenvalue weighted by atomic mass is 32.1. The molecule has 0 atom stereocenters. The molecule has 0 unspecified atom stereocenters. The summed E-state index contributed by atoms with van der Waals surface area (Å²) >= 11 is 9.47. The third kappa shape index (κ3) is 29.9. The van der Waals surface area contributed by atoms with Crippen molar-refractivity contribution < 1.29 is 13.5 Å². The smallest absolute Gasteiger partial charge is 0.180 e. The third-order valence-corrected chi connectivity index (χ3v) is 9.15. The molecule has 12 nitrogen and oxygen atoms in total. The van der Waals surface area contributed by atoms with E-state index in [-0.39, 0.29) is 0 Å². The molecule has 0 aromatic carbocycles. The number of rotatable bonds is 0. The first-order valence-corrected chi connectivity index (χ1v) is 20.9. The van der Waals surface area contributed by atoms with Crippen molar-refractivity contribution in [1.82, 2.24) is 43.4 Å². The zero-order valence-corrected chi connectivity index (χ0v) is 36.5. The molecule has 0 spiro atoms. The summed E-state index contributed by atoms with van der Waals surface area (Å²) < 4.78 is 25.2. The van der Waals surface area contributed by atoms with Crippen LogP contribution < -0.4 is 0 Å². The Bertz CT molecular complexity index is 1470. The number of hydrogen-bond donors (Lipinski definition) is 0. The Morgan fingerprint density at radius 3 is 1.59 bits per heavy atom. The van der Waals surface area contributed by atoms with Crippen LogP contribution in [0, 0.1) is 62.3 Å². The van der Waals surface area contributed by atoms with Gasteiger partial charge in [-0.05, 0) is 115 Å². The minimum atomic E-state index is 0.926. The Balaban J connectivity index is 0.000000304. The van der Waals surface area contributed by atoms with Crippen molar-refractivity contribution in [2.75, 3.05) is 0 Å². The molecular weight excluding hydrogens is 799 g/mol. The van der Waals surface area contributed by atoms with Crippen molar-refractivity contribution in [1.29, 1.82) is 0 Å². The molecule has 0 aliphatic heterocycles. The second-order valence-electron chi connectivity index (χ2n) is 10.2. The Hall–Kier alpha value is -4.59. The highest BCUT2D eigenvalue weighted by molar-refractivity contribution is 7.09. The van der Waals surface area contributed by atoms with Gasteiger partial charge in [0.25, 0.3) is 0 Å². The maximum atomic E-state index is 4.60. The van der Waals surface area contributed by atoms with E-state index < -0.39 is 0 Å². The predicted octanol–water partition coefficient (Wildman–Crippen LogP) is 11.7. The predicted molar refractivity (Wildman–Crippen MR) is 225 cm³/mol. The highest BCUT2D eigenvalue weighted by Gasteiger charge is 1.81. The first-order chi connectivity index (χ1) is 26.0. The van der Waals surface area contributed by atoms with Gasteiger partial charge in [-0.15, -0.1) is 34.0 Å². The van der Waals surface area contributed by atoms with Crippen LogP contribution in [0.4, 0.5) is 0 Å². The van der Waals surface area contributed by atoms with Gasteiger partial charge in [0.15, 0.2) is 6.39 Å². The van der Waals surface area contributed by atoms with Gasteiger partial charge in [0.1, 0.15) is 18.8 Å². The van der Waals surface area contributed by atoms with Crippen LogP contribution in [-0.4, -0.2) is 43.4 Å². The molecule has 54 heavy (non-hydrogen) atoms. The van der Waals surface area contributed by atoms with Gasteiger partial charge in [0.2, 0.25) is 0 Å². The summed E-state index contributed by atoms with van der Waals surface area (Å²) in [6.07, 6.45) is 15.1. The summed E-state index contributed by atoms with van der Waals surface area (Å²) in [4.78, 5) is 18.0. The third-order valence-electron chi connectivity index (χ3n) is 5.04. The van der Waals surface area contributed by atoms with E-state index in [0.717, 1.165) is 33.3 Å². The summed E-state index contributed by atoms with van der Waals surface area (Å²) in [6.45, 7) is 17.8. The van der Waals surface area contributed by atoms with Crippen molar-refractivity contribution in [3.63, 3.8) is 0 Å². The minimum Gasteiger partial charge on any atom is -0.452 e. The zero-order valence-electron chi connectivity index (χ0n) is 31.6. The number of oxazole rings is 1. The van der Waals surface area contributed by atoms with Gasteiger partial charge in [0, 0.05) is 73.4 Å².